The summed E-state index contributed by atoms with van der Waals surface area (Å²) in [7, 11) is 1.45. The van der Waals surface area contributed by atoms with Crippen LogP contribution in [0.5, 0.6) is 0 Å². The average Bonchev–Trinajstić information content (AvgIpc) is 3.34. The van der Waals surface area contributed by atoms with E-state index in [9.17, 15) is 19.0 Å². The van der Waals surface area contributed by atoms with E-state index in [1.54, 1.807) is 0 Å². The number of phosphoric ester groups is 1. The fraction of sp³-hybridized carbons (Fsp3) is 0.677. The highest BCUT2D eigenvalue weighted by molar-refractivity contribution is 7.47. The maximum absolute atomic E-state index is 13.5. The predicted molar refractivity (Wildman–Crippen MR) is 309 cm³/mol. The topological polar surface area (TPSA) is 111 Å². The number of allylic oxidation sites excluding steroid dienone is 17. The molecule has 0 aromatic heterocycles. The highest BCUT2D eigenvalue weighted by Crippen LogP contribution is 2.43. The van der Waals surface area contributed by atoms with Crippen molar-refractivity contribution >= 4 is 19.7 Å². The first-order valence-electron chi connectivity index (χ1n) is 28.7. The van der Waals surface area contributed by atoms with Gasteiger partial charge in [0.1, 0.15) is 19.3 Å². The van der Waals surface area contributed by atoms with Crippen molar-refractivity contribution < 1.29 is 37.3 Å². The predicted octanol–water partition coefficient (Wildman–Crippen LogP) is 17.4. The van der Waals surface area contributed by atoms with Gasteiger partial charge < -0.3 is 19.4 Å². The van der Waals surface area contributed by atoms with Crippen molar-refractivity contribution in [2.75, 3.05) is 40.9 Å². The maximum Gasteiger partial charge on any atom is 0.472 e. The van der Waals surface area contributed by atoms with Crippen molar-refractivity contribution in [3.05, 3.63) is 109 Å². The molecule has 0 aliphatic rings. The van der Waals surface area contributed by atoms with E-state index in [1.807, 2.05) is 33.3 Å². The summed E-state index contributed by atoms with van der Waals surface area (Å²) >= 11 is 0. The van der Waals surface area contributed by atoms with E-state index in [2.05, 4.69) is 123 Å². The summed E-state index contributed by atoms with van der Waals surface area (Å²) in [6.45, 7) is 6.71. The molecule has 0 aromatic rings. The molecule has 3 unspecified atom stereocenters. The summed E-state index contributed by atoms with van der Waals surface area (Å²) in [6.07, 6.45) is 69.4. The minimum atomic E-state index is -4.46. The van der Waals surface area contributed by atoms with E-state index in [4.69, 9.17) is 13.8 Å². The first-order chi connectivity index (χ1) is 34.9. The monoisotopic (exact) mass is 1020 g/mol. The Kier molecular flexibility index (Phi) is 48.8. The molecule has 9 nitrogen and oxygen atoms in total. The van der Waals surface area contributed by atoms with Crippen LogP contribution in [0.25, 0.3) is 0 Å². The third kappa shape index (κ3) is 51.6. The summed E-state index contributed by atoms with van der Waals surface area (Å²) < 4.78 is 30.6. The quantitative estimate of drug-likeness (QED) is 0.0156. The van der Waals surface area contributed by atoms with Gasteiger partial charge in [-0.05, 0) is 96.0 Å². The molecule has 0 rings (SSSR count). The molecule has 0 bridgehead atoms. The lowest BCUT2D eigenvalue weighted by molar-refractivity contribution is -0.870. The number of nitrogens with one attached hydrogen (secondary N) is 1. The third-order valence-corrected chi connectivity index (χ3v) is 13.0. The molecule has 0 fully saturated rings. The van der Waals surface area contributed by atoms with Gasteiger partial charge in [-0.15, -0.1) is 0 Å². The first-order valence-corrected chi connectivity index (χ1v) is 30.2. The molecule has 0 saturated carbocycles. The normalized spacial score (nSPS) is 14.6. The van der Waals surface area contributed by atoms with Gasteiger partial charge in [0.05, 0.1) is 33.8 Å². The zero-order valence-corrected chi connectivity index (χ0v) is 47.8. The summed E-state index contributed by atoms with van der Waals surface area (Å²) in [5.41, 5.74) is 0. The van der Waals surface area contributed by atoms with Crippen LogP contribution in [0.15, 0.2) is 109 Å². The van der Waals surface area contributed by atoms with Crippen LogP contribution in [-0.2, 0) is 27.9 Å². The summed E-state index contributed by atoms with van der Waals surface area (Å²) in [5.74, 6) is -0.565. The number of amides is 1. The van der Waals surface area contributed by atoms with Crippen LogP contribution >= 0.6 is 7.82 Å². The van der Waals surface area contributed by atoms with Gasteiger partial charge in [-0.2, -0.15) is 0 Å². The van der Waals surface area contributed by atoms with Crippen molar-refractivity contribution in [2.45, 2.75) is 232 Å². The fourth-order valence-corrected chi connectivity index (χ4v) is 8.35. The van der Waals surface area contributed by atoms with Gasteiger partial charge >= 0.3 is 13.8 Å². The number of quaternary nitrogens is 1. The Balaban J connectivity index is 5.42. The molecule has 0 saturated heterocycles. The van der Waals surface area contributed by atoms with Crippen LogP contribution in [0.2, 0.25) is 0 Å². The van der Waals surface area contributed by atoms with Crippen LogP contribution in [-0.4, -0.2) is 74.3 Å². The standard InChI is InChI=1S/C62H107N2O7P/c1-7-10-13-16-19-22-25-28-30-31-32-33-35-37-40-43-46-49-52-55-62(66)71-60(53-50-47-44-41-38-27-24-21-18-15-12-9-3)59(58-70-72(67,68)69-57-56-64(4,5)6)63-61(65)54-51-48-45-42-39-36-34-29-26-23-20-17-14-11-8-2/h10-11,13-14,17,19-20,22-23,26,28,30,32-33,37,40,50,53,59-60H,7-9,12,15-16,18,21,24-25,27,29,31,34-36,38-39,41-49,51-52,54-58H2,1-6H3,(H-,63,65,67,68)/p+1/b13-10-,14-11+,20-17+,22-19-,26-23+,30-28-,33-32-,40-37-,53-50+. The highest BCUT2D eigenvalue weighted by Gasteiger charge is 2.30. The van der Waals surface area contributed by atoms with Crippen LogP contribution in [0.3, 0.4) is 0 Å². The zero-order valence-electron chi connectivity index (χ0n) is 46.9. The van der Waals surface area contributed by atoms with Gasteiger partial charge in [-0.3, -0.25) is 18.6 Å². The Bertz CT molecular complexity index is 1600. The lowest BCUT2D eigenvalue weighted by Gasteiger charge is -2.27. The number of unbranched alkanes of at least 4 members (excludes halogenated alkanes) is 20. The number of carbonyl (C=O) groups excluding carboxylic acids is 2. The number of hydrogen-bond acceptors (Lipinski definition) is 6. The summed E-state index contributed by atoms with van der Waals surface area (Å²) in [4.78, 5) is 37.6. The van der Waals surface area contributed by atoms with E-state index >= 15 is 0 Å². The Labute approximate surface area is 442 Å². The number of carbonyl (C=O) groups is 2. The Morgan fingerprint density at radius 1 is 0.514 bits per heavy atom. The van der Waals surface area contributed by atoms with Crippen LogP contribution in [0.1, 0.15) is 220 Å². The summed E-state index contributed by atoms with van der Waals surface area (Å²) in [5, 5.41) is 3.03. The van der Waals surface area contributed by atoms with E-state index < -0.39 is 20.0 Å². The van der Waals surface area contributed by atoms with Gasteiger partial charge in [-0.1, -0.05) is 220 Å². The first kappa shape index (κ1) is 68.7. The minimum absolute atomic E-state index is 0.0262. The zero-order chi connectivity index (χ0) is 52.9. The van der Waals surface area contributed by atoms with Crippen LogP contribution in [0.4, 0.5) is 0 Å². The molecule has 1 amide bonds. The molecule has 10 heteroatoms. The lowest BCUT2D eigenvalue weighted by Crippen LogP contribution is -2.47. The molecule has 0 heterocycles. The molecule has 2 N–H and O–H groups in total. The van der Waals surface area contributed by atoms with Crippen molar-refractivity contribution in [1.29, 1.82) is 0 Å². The van der Waals surface area contributed by atoms with Gasteiger partial charge in [0.2, 0.25) is 5.91 Å². The van der Waals surface area contributed by atoms with Gasteiger partial charge in [0, 0.05) is 12.8 Å². The van der Waals surface area contributed by atoms with Crippen LogP contribution in [0, 0.1) is 0 Å². The number of likely N-dealkylation sites (N-methyl/N-ethyl adjacent to an activating group) is 1. The van der Waals surface area contributed by atoms with Gasteiger partial charge in [0.25, 0.3) is 0 Å². The number of ether oxygens (including phenoxy) is 1. The number of phosphoric acid groups is 1. The molecule has 72 heavy (non-hydrogen) atoms. The average molecular weight is 1020 g/mol. The molecule has 412 valence electrons. The molecule has 0 radical (unpaired) electrons. The fourth-order valence-electron chi connectivity index (χ4n) is 7.61. The lowest BCUT2D eigenvalue weighted by atomic mass is 10.0. The second-order valence-electron chi connectivity index (χ2n) is 20.1. The number of esters is 1. The highest BCUT2D eigenvalue weighted by atomic mass is 31.2. The minimum Gasteiger partial charge on any atom is -0.456 e. The smallest absolute Gasteiger partial charge is 0.456 e. The number of rotatable bonds is 50. The molecule has 0 aromatic carbocycles. The second kappa shape index (κ2) is 51.2. The Morgan fingerprint density at radius 2 is 0.958 bits per heavy atom. The Morgan fingerprint density at radius 3 is 1.50 bits per heavy atom. The molecule has 0 spiro atoms. The number of hydrogen-bond donors (Lipinski definition) is 2. The van der Waals surface area contributed by atoms with Crippen molar-refractivity contribution in [1.82, 2.24) is 5.32 Å². The molecule has 0 aliphatic carbocycles. The van der Waals surface area contributed by atoms with Crippen molar-refractivity contribution in [2.24, 2.45) is 0 Å². The third-order valence-electron chi connectivity index (χ3n) is 12.0. The van der Waals surface area contributed by atoms with E-state index in [0.717, 1.165) is 109 Å². The maximum atomic E-state index is 13.5. The van der Waals surface area contributed by atoms with E-state index in [-0.39, 0.29) is 31.5 Å². The molecule has 0 aliphatic heterocycles. The van der Waals surface area contributed by atoms with Crippen molar-refractivity contribution in [3.8, 4) is 0 Å². The molecular formula is C62H108N2O7P+. The van der Waals surface area contributed by atoms with E-state index in [1.165, 1.54) is 70.6 Å². The van der Waals surface area contributed by atoms with Gasteiger partial charge in [-0.25, -0.2) is 4.57 Å². The largest absolute Gasteiger partial charge is 0.472 e. The molecular weight excluding hydrogens is 916 g/mol. The Hall–Kier alpha value is -3.33. The van der Waals surface area contributed by atoms with Gasteiger partial charge in [0.15, 0.2) is 0 Å². The summed E-state index contributed by atoms with van der Waals surface area (Å²) in [6, 6.07) is -0.874. The second-order valence-corrected chi connectivity index (χ2v) is 21.6. The van der Waals surface area contributed by atoms with E-state index in [0.29, 0.717) is 23.9 Å². The molecule has 3 atom stereocenters. The number of nitrogens with zero attached hydrogens (tertiary/aromatic N) is 1. The van der Waals surface area contributed by atoms with Crippen LogP contribution < -0.4 is 5.32 Å². The SMILES string of the molecule is CC/C=C\C/C=C\C/C=C\C/C=C\C/C=C\CCCCCC(=O)OC(/C=C/CCCCCCCCCCCC)C(COP(=O)(O)OCC[N+](C)(C)C)NC(=O)CCCCCCCCC/C=C/C=C/C=C/CC. The van der Waals surface area contributed by atoms with Crippen molar-refractivity contribution in [3.63, 3.8) is 0 Å².